The first-order chi connectivity index (χ1) is 12.5. The third kappa shape index (κ3) is 3.87. The molecule has 0 aliphatic carbocycles. The fourth-order valence-electron chi connectivity index (χ4n) is 3.27. The number of halogens is 2. The Morgan fingerprint density at radius 2 is 1.96 bits per heavy atom. The van der Waals surface area contributed by atoms with E-state index in [4.69, 9.17) is 23.2 Å². The lowest BCUT2D eigenvalue weighted by Crippen LogP contribution is -2.43. The van der Waals surface area contributed by atoms with Crippen LogP contribution in [0, 0.1) is 0 Å². The minimum Gasteiger partial charge on any atom is -0.327 e. The van der Waals surface area contributed by atoms with E-state index in [1.54, 1.807) is 23.1 Å². The van der Waals surface area contributed by atoms with Gasteiger partial charge < -0.3 is 10.2 Å². The molecule has 2 aromatic rings. The maximum absolute atomic E-state index is 12.9. The summed E-state index contributed by atoms with van der Waals surface area (Å²) in [5, 5.41) is 3.75. The van der Waals surface area contributed by atoms with Gasteiger partial charge >= 0.3 is 0 Å². The number of benzene rings is 2. The molecule has 0 saturated carbocycles. The van der Waals surface area contributed by atoms with Crippen LogP contribution in [0.1, 0.15) is 35.7 Å². The van der Waals surface area contributed by atoms with Crippen LogP contribution in [0.15, 0.2) is 42.5 Å². The summed E-state index contributed by atoms with van der Waals surface area (Å²) >= 11 is 12.2. The highest BCUT2D eigenvalue weighted by Crippen LogP contribution is 2.27. The Hall–Kier alpha value is -2.04. The lowest BCUT2D eigenvalue weighted by molar-refractivity contribution is -0.119. The van der Waals surface area contributed by atoms with Gasteiger partial charge in [-0.2, -0.15) is 0 Å². The molecule has 3 rings (SSSR count). The van der Waals surface area contributed by atoms with Crippen molar-refractivity contribution in [3.8, 4) is 0 Å². The summed E-state index contributed by atoms with van der Waals surface area (Å²) in [7, 11) is 0. The fraction of sp³-hybridized carbons (Fsp3) is 0.300. The Balaban J connectivity index is 1.80. The van der Waals surface area contributed by atoms with Crippen molar-refractivity contribution in [1.29, 1.82) is 0 Å². The second kappa shape index (κ2) is 8.11. The number of carbonyl (C=O) groups excluding carboxylic acids is 2. The molecule has 1 saturated heterocycles. The largest absolute Gasteiger partial charge is 0.327 e. The molecule has 1 atom stereocenters. The number of anilines is 1. The van der Waals surface area contributed by atoms with Gasteiger partial charge in [0.25, 0.3) is 5.91 Å². The highest BCUT2D eigenvalue weighted by molar-refractivity contribution is 6.35. The van der Waals surface area contributed by atoms with E-state index in [0.717, 1.165) is 24.1 Å². The lowest BCUT2D eigenvalue weighted by atomic mass is 10.1. The van der Waals surface area contributed by atoms with E-state index in [2.05, 4.69) is 5.32 Å². The smallest absolute Gasteiger partial charge is 0.256 e. The monoisotopic (exact) mass is 390 g/mol. The van der Waals surface area contributed by atoms with Crippen molar-refractivity contribution in [2.45, 2.75) is 32.2 Å². The number of hydrogen-bond donors (Lipinski definition) is 1. The SMILES string of the molecule is CCc1ccccc1NC(=O)[C@H]1CCCN1C(=O)c1cc(Cl)ccc1Cl. The average molecular weight is 391 g/mol. The second-order valence-corrected chi connectivity index (χ2v) is 7.12. The molecule has 4 nitrogen and oxygen atoms in total. The second-order valence-electron chi connectivity index (χ2n) is 6.28. The predicted molar refractivity (Wildman–Crippen MR) is 105 cm³/mol. The van der Waals surface area contributed by atoms with Crippen molar-refractivity contribution in [3.05, 3.63) is 63.6 Å². The molecular formula is C20H20Cl2N2O2. The van der Waals surface area contributed by atoms with E-state index in [0.29, 0.717) is 28.6 Å². The van der Waals surface area contributed by atoms with Crippen molar-refractivity contribution >= 4 is 40.7 Å². The van der Waals surface area contributed by atoms with Crippen LogP contribution < -0.4 is 5.32 Å². The number of rotatable bonds is 4. The quantitative estimate of drug-likeness (QED) is 0.814. The van der Waals surface area contributed by atoms with E-state index in [9.17, 15) is 9.59 Å². The van der Waals surface area contributed by atoms with Crippen LogP contribution in [0.2, 0.25) is 10.0 Å². The van der Waals surface area contributed by atoms with Gasteiger partial charge in [-0.15, -0.1) is 0 Å². The number of para-hydroxylation sites is 1. The van der Waals surface area contributed by atoms with Gasteiger partial charge in [0.15, 0.2) is 0 Å². The van der Waals surface area contributed by atoms with E-state index in [-0.39, 0.29) is 11.8 Å². The minimum absolute atomic E-state index is 0.171. The summed E-state index contributed by atoms with van der Waals surface area (Å²) in [5.41, 5.74) is 2.18. The third-order valence-corrected chi connectivity index (χ3v) is 5.20. The van der Waals surface area contributed by atoms with Crippen molar-refractivity contribution < 1.29 is 9.59 Å². The number of likely N-dealkylation sites (tertiary alicyclic amines) is 1. The third-order valence-electron chi connectivity index (χ3n) is 4.63. The van der Waals surface area contributed by atoms with E-state index < -0.39 is 6.04 Å². The number of nitrogens with one attached hydrogen (secondary N) is 1. The standard InChI is InChI=1S/C20H20Cl2N2O2/c1-2-13-6-3-4-7-17(13)23-19(25)18-8-5-11-24(18)20(26)15-12-14(21)9-10-16(15)22/h3-4,6-7,9-10,12,18H,2,5,8,11H2,1H3,(H,23,25)/t18-/m1/s1. The Kier molecular flexibility index (Phi) is 5.84. The Bertz CT molecular complexity index is 838. The zero-order valence-corrected chi connectivity index (χ0v) is 16.0. The van der Waals surface area contributed by atoms with Crippen LogP contribution in [0.4, 0.5) is 5.69 Å². The first kappa shape index (κ1) is 18.7. The molecule has 0 unspecified atom stereocenters. The summed E-state index contributed by atoms with van der Waals surface area (Å²) in [5.74, 6) is -0.436. The number of nitrogens with zero attached hydrogens (tertiary/aromatic N) is 1. The van der Waals surface area contributed by atoms with Crippen LogP contribution >= 0.6 is 23.2 Å². The average Bonchev–Trinajstić information content (AvgIpc) is 3.13. The molecule has 0 radical (unpaired) electrons. The molecule has 0 bridgehead atoms. The topological polar surface area (TPSA) is 49.4 Å². The molecule has 6 heteroatoms. The molecule has 0 spiro atoms. The molecule has 1 heterocycles. The Morgan fingerprint density at radius 1 is 1.19 bits per heavy atom. The van der Waals surface area contributed by atoms with Gasteiger partial charge in [-0.1, -0.05) is 48.3 Å². The van der Waals surface area contributed by atoms with Gasteiger partial charge in [0.2, 0.25) is 5.91 Å². The molecule has 0 aromatic heterocycles. The van der Waals surface area contributed by atoms with Crippen molar-refractivity contribution in [3.63, 3.8) is 0 Å². The van der Waals surface area contributed by atoms with Crippen LogP contribution in [0.3, 0.4) is 0 Å². The molecule has 136 valence electrons. The molecule has 1 aliphatic heterocycles. The number of amides is 2. The number of hydrogen-bond acceptors (Lipinski definition) is 2. The van der Waals surface area contributed by atoms with Crippen LogP contribution in [-0.2, 0) is 11.2 Å². The van der Waals surface area contributed by atoms with Crippen LogP contribution in [0.25, 0.3) is 0 Å². The molecule has 2 aromatic carbocycles. The molecule has 1 aliphatic rings. The van der Waals surface area contributed by atoms with Crippen LogP contribution in [0.5, 0.6) is 0 Å². The predicted octanol–water partition coefficient (Wildman–Crippen LogP) is 4.80. The number of aryl methyl sites for hydroxylation is 1. The normalized spacial score (nSPS) is 16.6. The van der Waals surface area contributed by atoms with Gasteiger partial charge in [0.1, 0.15) is 6.04 Å². The van der Waals surface area contributed by atoms with E-state index in [1.807, 2.05) is 31.2 Å². The summed E-state index contributed by atoms with van der Waals surface area (Å²) in [6.07, 6.45) is 2.23. The summed E-state index contributed by atoms with van der Waals surface area (Å²) in [6, 6.07) is 12.0. The first-order valence-electron chi connectivity index (χ1n) is 8.66. The molecule has 1 N–H and O–H groups in total. The van der Waals surface area contributed by atoms with E-state index in [1.165, 1.54) is 0 Å². The lowest BCUT2D eigenvalue weighted by Gasteiger charge is -2.25. The van der Waals surface area contributed by atoms with Gasteiger partial charge in [-0.05, 0) is 49.1 Å². The van der Waals surface area contributed by atoms with Gasteiger partial charge in [0, 0.05) is 17.3 Å². The van der Waals surface area contributed by atoms with Crippen molar-refractivity contribution in [1.82, 2.24) is 4.90 Å². The fourth-order valence-corrected chi connectivity index (χ4v) is 3.64. The Labute approximate surface area is 163 Å². The molecular weight excluding hydrogens is 371 g/mol. The zero-order chi connectivity index (χ0) is 18.7. The molecule has 2 amide bonds. The highest BCUT2D eigenvalue weighted by Gasteiger charge is 2.35. The minimum atomic E-state index is -0.512. The molecule has 1 fully saturated rings. The summed E-state index contributed by atoms with van der Waals surface area (Å²) in [4.78, 5) is 27.3. The summed E-state index contributed by atoms with van der Waals surface area (Å²) in [6.45, 7) is 2.56. The highest BCUT2D eigenvalue weighted by atomic mass is 35.5. The maximum atomic E-state index is 12.9. The van der Waals surface area contributed by atoms with Gasteiger partial charge in [-0.3, -0.25) is 9.59 Å². The van der Waals surface area contributed by atoms with Crippen LogP contribution in [-0.4, -0.2) is 29.3 Å². The van der Waals surface area contributed by atoms with Crippen molar-refractivity contribution in [2.75, 3.05) is 11.9 Å². The van der Waals surface area contributed by atoms with Crippen molar-refractivity contribution in [2.24, 2.45) is 0 Å². The van der Waals surface area contributed by atoms with Gasteiger partial charge in [-0.25, -0.2) is 0 Å². The molecule has 26 heavy (non-hydrogen) atoms. The Morgan fingerprint density at radius 3 is 2.73 bits per heavy atom. The number of carbonyl (C=O) groups is 2. The van der Waals surface area contributed by atoms with E-state index >= 15 is 0 Å². The summed E-state index contributed by atoms with van der Waals surface area (Å²) < 4.78 is 0. The first-order valence-corrected chi connectivity index (χ1v) is 9.41. The maximum Gasteiger partial charge on any atom is 0.256 e. The zero-order valence-electron chi connectivity index (χ0n) is 14.5. The van der Waals surface area contributed by atoms with Gasteiger partial charge in [0.05, 0.1) is 10.6 Å².